The molecule has 31 heavy (non-hydrogen) atoms. The molecule has 1 aliphatic rings. The molecule has 9 nitrogen and oxygen atoms in total. The zero-order valence-corrected chi connectivity index (χ0v) is 19.4. The van der Waals surface area contributed by atoms with Crippen molar-refractivity contribution in [3.63, 3.8) is 0 Å². The molecule has 0 atom stereocenters. The molecule has 2 amide bonds. The minimum absolute atomic E-state index is 0.0982. The van der Waals surface area contributed by atoms with Gasteiger partial charge in [0.05, 0.1) is 6.54 Å². The molecule has 1 aliphatic heterocycles. The van der Waals surface area contributed by atoms with Gasteiger partial charge >= 0.3 is 6.09 Å². The standard InChI is InChI=1S/C22H36N6O3/c1-22(2,3)31-21(30)28-13-11-27(12-14-28)20(23)25-16-17-7-6-8-18(15-17)19(29)24-9-10-26(4)5/h6-8,15H,9-14,16H2,1-5H3,(H2,23,25)(H,24,29). The van der Waals surface area contributed by atoms with Crippen LogP contribution in [0.15, 0.2) is 29.3 Å². The molecule has 0 bridgehead atoms. The van der Waals surface area contributed by atoms with E-state index in [4.69, 9.17) is 10.5 Å². The second-order valence-corrected chi connectivity index (χ2v) is 8.89. The van der Waals surface area contributed by atoms with Gasteiger partial charge in [-0.15, -0.1) is 0 Å². The number of carbonyl (C=O) groups excluding carboxylic acids is 2. The first-order valence-electron chi connectivity index (χ1n) is 10.6. The van der Waals surface area contributed by atoms with Crippen molar-refractivity contribution in [2.75, 3.05) is 53.4 Å². The number of nitrogens with two attached hydrogens (primary N) is 1. The fourth-order valence-electron chi connectivity index (χ4n) is 3.02. The number of carbonyl (C=O) groups is 2. The van der Waals surface area contributed by atoms with E-state index >= 15 is 0 Å². The summed E-state index contributed by atoms with van der Waals surface area (Å²) in [5, 5.41) is 2.91. The summed E-state index contributed by atoms with van der Waals surface area (Å²) in [6.45, 7) is 9.60. The van der Waals surface area contributed by atoms with Crippen LogP contribution in [0.5, 0.6) is 0 Å². The SMILES string of the molecule is CN(C)CCNC(=O)c1cccc(CN=C(N)N2CCN(C(=O)OC(C)(C)C)CC2)c1. The Hall–Kier alpha value is -2.81. The van der Waals surface area contributed by atoms with Gasteiger partial charge in [-0.1, -0.05) is 12.1 Å². The van der Waals surface area contributed by atoms with E-state index in [1.165, 1.54) is 0 Å². The number of benzene rings is 1. The van der Waals surface area contributed by atoms with Gasteiger partial charge in [0.2, 0.25) is 0 Å². The van der Waals surface area contributed by atoms with Crippen molar-refractivity contribution in [3.8, 4) is 0 Å². The van der Waals surface area contributed by atoms with E-state index in [9.17, 15) is 9.59 Å². The average molecular weight is 433 g/mol. The number of aliphatic imine (C=N–C) groups is 1. The summed E-state index contributed by atoms with van der Waals surface area (Å²) in [6, 6.07) is 7.40. The fourth-order valence-corrected chi connectivity index (χ4v) is 3.02. The van der Waals surface area contributed by atoms with Crippen molar-refractivity contribution in [1.29, 1.82) is 0 Å². The lowest BCUT2D eigenvalue weighted by atomic mass is 10.1. The zero-order chi connectivity index (χ0) is 23.0. The number of hydrogen-bond acceptors (Lipinski definition) is 5. The van der Waals surface area contributed by atoms with E-state index < -0.39 is 5.60 Å². The summed E-state index contributed by atoms with van der Waals surface area (Å²) < 4.78 is 5.42. The van der Waals surface area contributed by atoms with Crippen LogP contribution < -0.4 is 11.1 Å². The normalized spacial score (nSPS) is 15.2. The Morgan fingerprint density at radius 2 is 1.81 bits per heavy atom. The third-order valence-electron chi connectivity index (χ3n) is 4.71. The Balaban J connectivity index is 1.86. The van der Waals surface area contributed by atoms with Crippen LogP contribution in [-0.4, -0.2) is 91.6 Å². The highest BCUT2D eigenvalue weighted by molar-refractivity contribution is 5.94. The van der Waals surface area contributed by atoms with Crippen LogP contribution >= 0.6 is 0 Å². The molecule has 9 heteroatoms. The van der Waals surface area contributed by atoms with E-state index in [0.29, 0.717) is 50.8 Å². The summed E-state index contributed by atoms with van der Waals surface area (Å²) >= 11 is 0. The lowest BCUT2D eigenvalue weighted by Crippen LogP contribution is -2.53. The van der Waals surface area contributed by atoms with Crippen molar-refractivity contribution in [2.24, 2.45) is 10.7 Å². The van der Waals surface area contributed by atoms with E-state index in [0.717, 1.165) is 12.1 Å². The van der Waals surface area contributed by atoms with Crippen LogP contribution in [0.1, 0.15) is 36.7 Å². The second kappa shape index (κ2) is 11.0. The Labute approximate surface area is 185 Å². The van der Waals surface area contributed by atoms with Crippen LogP contribution in [0.2, 0.25) is 0 Å². The number of rotatable bonds is 6. The third-order valence-corrected chi connectivity index (χ3v) is 4.71. The smallest absolute Gasteiger partial charge is 0.410 e. The van der Waals surface area contributed by atoms with E-state index in [-0.39, 0.29) is 12.0 Å². The molecule has 1 heterocycles. The van der Waals surface area contributed by atoms with Crippen LogP contribution in [0.4, 0.5) is 4.79 Å². The summed E-state index contributed by atoms with van der Waals surface area (Å²) in [7, 11) is 3.93. The number of hydrogen-bond donors (Lipinski definition) is 2. The Kier molecular flexibility index (Phi) is 8.67. The van der Waals surface area contributed by atoms with E-state index in [2.05, 4.69) is 10.3 Å². The minimum Gasteiger partial charge on any atom is -0.444 e. The van der Waals surface area contributed by atoms with Gasteiger partial charge in [-0.05, 0) is 52.6 Å². The molecular formula is C22H36N6O3. The number of ether oxygens (including phenoxy) is 1. The third kappa shape index (κ3) is 8.45. The first-order valence-corrected chi connectivity index (χ1v) is 10.6. The number of nitrogens with zero attached hydrogens (tertiary/aromatic N) is 4. The van der Waals surface area contributed by atoms with Crippen LogP contribution in [0.3, 0.4) is 0 Å². The van der Waals surface area contributed by atoms with Gasteiger partial charge in [-0.2, -0.15) is 0 Å². The van der Waals surface area contributed by atoms with Crippen molar-refractivity contribution in [1.82, 2.24) is 20.0 Å². The van der Waals surface area contributed by atoms with Crippen molar-refractivity contribution < 1.29 is 14.3 Å². The van der Waals surface area contributed by atoms with Crippen LogP contribution in [-0.2, 0) is 11.3 Å². The average Bonchev–Trinajstić information content (AvgIpc) is 2.70. The van der Waals surface area contributed by atoms with Crippen LogP contribution in [0, 0.1) is 0 Å². The maximum absolute atomic E-state index is 12.3. The molecule has 172 valence electrons. The first kappa shape index (κ1) is 24.5. The van der Waals surface area contributed by atoms with Crippen molar-refractivity contribution in [3.05, 3.63) is 35.4 Å². The predicted molar refractivity (Wildman–Crippen MR) is 122 cm³/mol. The fraction of sp³-hybridized carbons (Fsp3) is 0.591. The molecule has 1 saturated heterocycles. The molecule has 0 unspecified atom stereocenters. The Morgan fingerprint density at radius 3 is 2.42 bits per heavy atom. The highest BCUT2D eigenvalue weighted by Crippen LogP contribution is 2.12. The number of nitrogens with one attached hydrogen (secondary N) is 1. The van der Waals surface area contributed by atoms with Crippen LogP contribution in [0.25, 0.3) is 0 Å². The predicted octanol–water partition coefficient (Wildman–Crippen LogP) is 1.35. The van der Waals surface area contributed by atoms with Gasteiger partial charge in [0.15, 0.2) is 5.96 Å². The number of guanidine groups is 1. The monoisotopic (exact) mass is 432 g/mol. The van der Waals surface area contributed by atoms with Gasteiger partial charge in [0, 0.05) is 44.8 Å². The van der Waals surface area contributed by atoms with Gasteiger partial charge < -0.3 is 30.5 Å². The molecule has 0 spiro atoms. The summed E-state index contributed by atoms with van der Waals surface area (Å²) in [6.07, 6.45) is -0.302. The van der Waals surface area contributed by atoms with Crippen molar-refractivity contribution >= 4 is 18.0 Å². The quantitative estimate of drug-likeness (QED) is 0.519. The second-order valence-electron chi connectivity index (χ2n) is 8.89. The number of piperazine rings is 1. The van der Waals surface area contributed by atoms with Gasteiger partial charge in [0.1, 0.15) is 5.60 Å². The number of likely N-dealkylation sites (N-methyl/N-ethyl adjacent to an activating group) is 1. The van der Waals surface area contributed by atoms with Gasteiger partial charge in [0.25, 0.3) is 5.91 Å². The Bertz CT molecular complexity index is 780. The molecular weight excluding hydrogens is 396 g/mol. The molecule has 0 aliphatic carbocycles. The molecule has 1 aromatic rings. The van der Waals surface area contributed by atoms with Gasteiger partial charge in [-0.3, -0.25) is 4.79 Å². The molecule has 3 N–H and O–H groups in total. The molecule has 1 fully saturated rings. The molecule has 0 saturated carbocycles. The molecule has 0 aromatic heterocycles. The maximum Gasteiger partial charge on any atom is 0.410 e. The van der Waals surface area contributed by atoms with E-state index in [1.54, 1.807) is 11.0 Å². The summed E-state index contributed by atoms with van der Waals surface area (Å²) in [4.78, 5) is 34.6. The molecule has 1 aromatic carbocycles. The van der Waals surface area contributed by atoms with E-state index in [1.807, 2.05) is 62.9 Å². The molecule has 0 radical (unpaired) electrons. The zero-order valence-electron chi connectivity index (χ0n) is 19.4. The Morgan fingerprint density at radius 1 is 1.16 bits per heavy atom. The lowest BCUT2D eigenvalue weighted by molar-refractivity contribution is 0.0186. The maximum atomic E-state index is 12.3. The minimum atomic E-state index is -0.507. The summed E-state index contributed by atoms with van der Waals surface area (Å²) in [5.74, 6) is 0.337. The number of amides is 2. The summed E-state index contributed by atoms with van der Waals surface area (Å²) in [5.41, 5.74) is 7.18. The topological polar surface area (TPSA) is 103 Å². The van der Waals surface area contributed by atoms with Crippen molar-refractivity contribution in [2.45, 2.75) is 32.9 Å². The highest BCUT2D eigenvalue weighted by atomic mass is 16.6. The first-order chi connectivity index (χ1) is 14.5. The molecule has 2 rings (SSSR count). The highest BCUT2D eigenvalue weighted by Gasteiger charge is 2.26. The largest absolute Gasteiger partial charge is 0.444 e. The van der Waals surface area contributed by atoms with Gasteiger partial charge in [-0.25, -0.2) is 9.79 Å². The lowest BCUT2D eigenvalue weighted by Gasteiger charge is -2.36.